The lowest BCUT2D eigenvalue weighted by Crippen LogP contribution is -2.42. The summed E-state index contributed by atoms with van der Waals surface area (Å²) in [4.78, 5) is 0. The van der Waals surface area contributed by atoms with Gasteiger partial charge in [-0.3, -0.25) is 0 Å². The minimum absolute atomic E-state index is 0.113. The van der Waals surface area contributed by atoms with Crippen LogP contribution in [0.4, 0.5) is 0 Å². The van der Waals surface area contributed by atoms with Crippen LogP contribution in [0, 0.1) is 6.92 Å². The first-order chi connectivity index (χ1) is 10.7. The average molecular weight is 301 g/mol. The zero-order valence-electron chi connectivity index (χ0n) is 14.3. The van der Waals surface area contributed by atoms with Crippen LogP contribution >= 0.6 is 0 Å². The summed E-state index contributed by atoms with van der Waals surface area (Å²) in [5.41, 5.74) is 2.79. The van der Waals surface area contributed by atoms with E-state index < -0.39 is 0 Å². The highest BCUT2D eigenvalue weighted by atomic mass is 16.5. The monoisotopic (exact) mass is 301 g/mol. The molecule has 0 radical (unpaired) electrons. The standard InChI is InChI=1S/C20H31NO/c1-3-4-5-8-13-21-18-15-20(11-6-7-12-20)22-19-14-16(2)9-10-17(18)19/h9-10,14,18,21H,3-8,11-13,15H2,1-2H3. The van der Waals surface area contributed by atoms with E-state index >= 15 is 0 Å². The van der Waals surface area contributed by atoms with Crippen LogP contribution in [0.3, 0.4) is 0 Å². The topological polar surface area (TPSA) is 21.3 Å². The highest BCUT2D eigenvalue weighted by molar-refractivity contribution is 5.42. The fourth-order valence-electron chi connectivity index (χ4n) is 4.11. The molecule has 1 heterocycles. The third-order valence-corrected chi connectivity index (χ3v) is 5.38. The minimum Gasteiger partial charge on any atom is -0.487 e. The molecule has 1 saturated carbocycles. The van der Waals surface area contributed by atoms with Crippen molar-refractivity contribution in [1.29, 1.82) is 0 Å². The van der Waals surface area contributed by atoms with E-state index in [1.54, 1.807) is 0 Å². The van der Waals surface area contributed by atoms with Crippen molar-refractivity contribution in [3.8, 4) is 5.75 Å². The van der Waals surface area contributed by atoms with Gasteiger partial charge in [0.15, 0.2) is 0 Å². The molecule has 3 rings (SSSR count). The minimum atomic E-state index is 0.113. The molecule has 1 fully saturated rings. The average Bonchev–Trinajstić information content (AvgIpc) is 2.94. The lowest BCUT2D eigenvalue weighted by atomic mass is 9.85. The molecule has 2 aliphatic rings. The number of unbranched alkanes of at least 4 members (excludes halogenated alkanes) is 3. The Morgan fingerprint density at radius 3 is 2.77 bits per heavy atom. The Morgan fingerprint density at radius 1 is 1.18 bits per heavy atom. The van der Waals surface area contributed by atoms with Crippen molar-refractivity contribution in [2.45, 2.75) is 83.3 Å². The largest absolute Gasteiger partial charge is 0.487 e. The summed E-state index contributed by atoms with van der Waals surface area (Å²) in [5.74, 6) is 1.14. The zero-order valence-corrected chi connectivity index (χ0v) is 14.3. The van der Waals surface area contributed by atoms with Gasteiger partial charge in [-0.2, -0.15) is 0 Å². The Balaban J connectivity index is 1.70. The maximum Gasteiger partial charge on any atom is 0.125 e. The van der Waals surface area contributed by atoms with Gasteiger partial charge in [-0.15, -0.1) is 0 Å². The molecule has 1 atom stereocenters. The van der Waals surface area contributed by atoms with Crippen LogP contribution in [0.5, 0.6) is 5.75 Å². The van der Waals surface area contributed by atoms with Gasteiger partial charge >= 0.3 is 0 Å². The lowest BCUT2D eigenvalue weighted by Gasteiger charge is -2.40. The summed E-state index contributed by atoms with van der Waals surface area (Å²) in [6, 6.07) is 7.21. The SMILES string of the molecule is CCCCCCNC1CC2(CCCC2)Oc2cc(C)ccc21. The molecule has 2 nitrogen and oxygen atoms in total. The summed E-state index contributed by atoms with van der Waals surface area (Å²) in [7, 11) is 0. The Kier molecular flexibility index (Phi) is 5.07. The molecule has 1 unspecified atom stereocenters. The molecule has 1 aromatic carbocycles. The van der Waals surface area contributed by atoms with Crippen LogP contribution in [0.2, 0.25) is 0 Å². The second-order valence-electron chi connectivity index (χ2n) is 7.30. The van der Waals surface area contributed by atoms with E-state index in [0.29, 0.717) is 6.04 Å². The van der Waals surface area contributed by atoms with Crippen LogP contribution in [-0.2, 0) is 0 Å². The fourth-order valence-corrected chi connectivity index (χ4v) is 4.11. The maximum atomic E-state index is 6.50. The molecule has 1 N–H and O–H groups in total. The second-order valence-corrected chi connectivity index (χ2v) is 7.30. The van der Waals surface area contributed by atoms with E-state index in [2.05, 4.69) is 37.4 Å². The van der Waals surface area contributed by atoms with Gasteiger partial charge in [0.1, 0.15) is 11.4 Å². The highest BCUT2D eigenvalue weighted by Crippen LogP contribution is 2.47. The molecule has 1 spiro atoms. The second kappa shape index (κ2) is 7.04. The van der Waals surface area contributed by atoms with E-state index in [1.165, 1.54) is 62.5 Å². The highest BCUT2D eigenvalue weighted by Gasteiger charge is 2.42. The number of fused-ring (bicyclic) bond motifs is 1. The van der Waals surface area contributed by atoms with Gasteiger partial charge in [-0.1, -0.05) is 38.3 Å². The molecule has 122 valence electrons. The quantitative estimate of drug-likeness (QED) is 0.720. The van der Waals surface area contributed by atoms with Crippen molar-refractivity contribution in [1.82, 2.24) is 5.32 Å². The van der Waals surface area contributed by atoms with Crippen LogP contribution in [0.25, 0.3) is 0 Å². The molecular formula is C20H31NO. The summed E-state index contributed by atoms with van der Waals surface area (Å²) in [6.07, 6.45) is 11.6. The Morgan fingerprint density at radius 2 is 2.00 bits per heavy atom. The summed E-state index contributed by atoms with van der Waals surface area (Å²) in [6.45, 7) is 5.56. The third kappa shape index (κ3) is 3.48. The van der Waals surface area contributed by atoms with Crippen LogP contribution in [0.15, 0.2) is 18.2 Å². The van der Waals surface area contributed by atoms with Gasteiger partial charge in [0, 0.05) is 18.0 Å². The molecular weight excluding hydrogens is 270 g/mol. The van der Waals surface area contributed by atoms with Crippen molar-refractivity contribution in [2.24, 2.45) is 0 Å². The Hall–Kier alpha value is -1.02. The summed E-state index contributed by atoms with van der Waals surface area (Å²) >= 11 is 0. The molecule has 0 amide bonds. The maximum absolute atomic E-state index is 6.50. The number of benzene rings is 1. The van der Waals surface area contributed by atoms with Gasteiger partial charge in [-0.25, -0.2) is 0 Å². The fraction of sp³-hybridized carbons (Fsp3) is 0.700. The number of hydrogen-bond donors (Lipinski definition) is 1. The summed E-state index contributed by atoms with van der Waals surface area (Å²) < 4.78 is 6.50. The van der Waals surface area contributed by atoms with Gasteiger partial charge in [-0.05, 0) is 57.2 Å². The van der Waals surface area contributed by atoms with Crippen molar-refractivity contribution in [2.75, 3.05) is 6.54 Å². The van der Waals surface area contributed by atoms with Gasteiger partial charge in [0.2, 0.25) is 0 Å². The van der Waals surface area contributed by atoms with E-state index in [-0.39, 0.29) is 5.60 Å². The van der Waals surface area contributed by atoms with Gasteiger partial charge in [0.05, 0.1) is 0 Å². The van der Waals surface area contributed by atoms with E-state index in [1.807, 2.05) is 0 Å². The number of aryl methyl sites for hydroxylation is 1. The number of hydrogen-bond acceptors (Lipinski definition) is 2. The molecule has 0 aromatic heterocycles. The Labute approximate surface area is 135 Å². The van der Waals surface area contributed by atoms with Crippen molar-refractivity contribution >= 4 is 0 Å². The molecule has 0 bridgehead atoms. The zero-order chi connectivity index (χ0) is 15.4. The van der Waals surface area contributed by atoms with Crippen LogP contribution in [0.1, 0.15) is 81.9 Å². The third-order valence-electron chi connectivity index (χ3n) is 5.38. The summed E-state index contributed by atoms with van der Waals surface area (Å²) in [5, 5.41) is 3.83. The first-order valence-corrected chi connectivity index (χ1v) is 9.25. The molecule has 22 heavy (non-hydrogen) atoms. The lowest BCUT2D eigenvalue weighted by molar-refractivity contribution is 0.0367. The smallest absolute Gasteiger partial charge is 0.125 e. The van der Waals surface area contributed by atoms with Gasteiger partial charge < -0.3 is 10.1 Å². The van der Waals surface area contributed by atoms with Crippen molar-refractivity contribution in [3.63, 3.8) is 0 Å². The van der Waals surface area contributed by atoms with Crippen LogP contribution < -0.4 is 10.1 Å². The van der Waals surface area contributed by atoms with Crippen LogP contribution in [-0.4, -0.2) is 12.1 Å². The normalized spacial score (nSPS) is 22.5. The van der Waals surface area contributed by atoms with Crippen molar-refractivity contribution < 1.29 is 4.74 Å². The molecule has 1 aliphatic carbocycles. The number of nitrogens with one attached hydrogen (secondary N) is 1. The number of rotatable bonds is 6. The number of ether oxygens (including phenoxy) is 1. The van der Waals surface area contributed by atoms with Crippen molar-refractivity contribution in [3.05, 3.63) is 29.3 Å². The first-order valence-electron chi connectivity index (χ1n) is 9.25. The Bertz CT molecular complexity index is 490. The van der Waals surface area contributed by atoms with E-state index in [0.717, 1.165) is 18.7 Å². The predicted octanol–water partition coefficient (Wildman–Crippen LogP) is 5.30. The molecule has 2 heteroatoms. The first kappa shape index (κ1) is 15.9. The molecule has 1 aliphatic heterocycles. The van der Waals surface area contributed by atoms with Gasteiger partial charge in [0.25, 0.3) is 0 Å². The van der Waals surface area contributed by atoms with E-state index in [4.69, 9.17) is 4.74 Å². The predicted molar refractivity (Wildman–Crippen MR) is 92.5 cm³/mol. The molecule has 1 aromatic rings. The molecule has 0 saturated heterocycles. The van der Waals surface area contributed by atoms with E-state index in [9.17, 15) is 0 Å².